The lowest BCUT2D eigenvalue weighted by atomic mass is 10.1. The second-order valence-electron chi connectivity index (χ2n) is 4.50. The molecule has 1 aromatic carbocycles. The number of hydrogen-bond donors (Lipinski definition) is 1. The third kappa shape index (κ3) is 3.05. The fourth-order valence-electron chi connectivity index (χ4n) is 1.92. The number of pyridine rings is 1. The van der Waals surface area contributed by atoms with Crippen LogP contribution in [0.1, 0.15) is 24.1 Å². The molecule has 104 valence electrons. The summed E-state index contributed by atoms with van der Waals surface area (Å²) in [4.78, 5) is 14.3. The number of nitrogens with one attached hydrogen (secondary N) is 1. The Morgan fingerprint density at radius 2 is 2.10 bits per heavy atom. The topological polar surface area (TPSA) is 68.1 Å². The minimum Gasteiger partial charge on any atom is -0.363 e. The van der Waals surface area contributed by atoms with E-state index in [-0.39, 0.29) is 11.7 Å². The van der Waals surface area contributed by atoms with Crippen LogP contribution in [0.25, 0.3) is 0 Å². The average Bonchev–Trinajstić information content (AvgIpc) is 2.41. The van der Waals surface area contributed by atoms with Gasteiger partial charge in [0.2, 0.25) is 0 Å². The van der Waals surface area contributed by atoms with Gasteiger partial charge < -0.3 is 5.32 Å². The summed E-state index contributed by atoms with van der Waals surface area (Å²) in [6.45, 7) is 3.74. The molecule has 1 atom stereocenters. The Kier molecular flexibility index (Phi) is 4.20. The molecule has 0 radical (unpaired) electrons. The Bertz CT molecular complexity index is 646. The fraction of sp³-hybridized carbons (Fsp3) is 0.214. The Hall–Kier alpha value is -2.14. The van der Waals surface area contributed by atoms with Gasteiger partial charge in [-0.2, -0.15) is 0 Å². The molecule has 1 aromatic heterocycles. The largest absolute Gasteiger partial charge is 0.363 e. The van der Waals surface area contributed by atoms with Crippen molar-refractivity contribution in [3.8, 4) is 0 Å². The van der Waals surface area contributed by atoms with Gasteiger partial charge in [-0.3, -0.25) is 10.1 Å². The molecule has 0 saturated carbocycles. The summed E-state index contributed by atoms with van der Waals surface area (Å²) < 4.78 is 0. The zero-order chi connectivity index (χ0) is 14.7. The van der Waals surface area contributed by atoms with Gasteiger partial charge in [-0.25, -0.2) is 4.98 Å². The van der Waals surface area contributed by atoms with Crippen LogP contribution in [0.5, 0.6) is 0 Å². The molecule has 0 aliphatic carbocycles. The standard InChI is InChI=1S/C14H14ClN3O2/c1-9-7-11(18(19)20)8-16-14(9)17-10(2)12-5-3-4-6-13(12)15/h3-8,10H,1-2H3,(H,16,17). The van der Waals surface area contributed by atoms with Gasteiger partial charge in [0, 0.05) is 11.1 Å². The van der Waals surface area contributed by atoms with Crippen LogP contribution in [0, 0.1) is 17.0 Å². The van der Waals surface area contributed by atoms with E-state index in [2.05, 4.69) is 10.3 Å². The van der Waals surface area contributed by atoms with Gasteiger partial charge in [0.1, 0.15) is 12.0 Å². The maximum absolute atomic E-state index is 10.7. The first-order chi connectivity index (χ1) is 9.49. The third-order valence-corrected chi connectivity index (χ3v) is 3.34. The van der Waals surface area contributed by atoms with E-state index in [1.165, 1.54) is 12.3 Å². The molecular formula is C14H14ClN3O2. The minimum atomic E-state index is -0.457. The number of aromatic nitrogens is 1. The lowest BCUT2D eigenvalue weighted by Gasteiger charge is -2.17. The molecule has 1 N–H and O–H groups in total. The number of anilines is 1. The summed E-state index contributed by atoms with van der Waals surface area (Å²) in [5.41, 5.74) is 1.66. The summed E-state index contributed by atoms with van der Waals surface area (Å²) in [5.74, 6) is 0.614. The summed E-state index contributed by atoms with van der Waals surface area (Å²) in [6, 6.07) is 8.99. The van der Waals surface area contributed by atoms with Crippen LogP contribution < -0.4 is 5.32 Å². The molecule has 1 unspecified atom stereocenters. The van der Waals surface area contributed by atoms with Crippen molar-refractivity contribution in [1.29, 1.82) is 0 Å². The van der Waals surface area contributed by atoms with E-state index < -0.39 is 4.92 Å². The van der Waals surface area contributed by atoms with Crippen molar-refractivity contribution in [1.82, 2.24) is 4.98 Å². The molecule has 2 aromatic rings. The predicted octanol–water partition coefficient (Wildman–Crippen LogP) is 4.12. The number of halogens is 1. The highest BCUT2D eigenvalue weighted by Gasteiger charge is 2.13. The number of nitrogens with zero attached hydrogens (tertiary/aromatic N) is 2. The molecule has 0 bridgehead atoms. The van der Waals surface area contributed by atoms with E-state index in [4.69, 9.17) is 11.6 Å². The highest BCUT2D eigenvalue weighted by atomic mass is 35.5. The maximum Gasteiger partial charge on any atom is 0.287 e. The Labute approximate surface area is 121 Å². The van der Waals surface area contributed by atoms with Gasteiger partial charge in [-0.15, -0.1) is 0 Å². The monoisotopic (exact) mass is 291 g/mol. The number of rotatable bonds is 4. The van der Waals surface area contributed by atoms with E-state index in [9.17, 15) is 10.1 Å². The van der Waals surface area contributed by atoms with Gasteiger partial charge in [-0.05, 0) is 31.0 Å². The highest BCUT2D eigenvalue weighted by Crippen LogP contribution is 2.27. The Morgan fingerprint density at radius 3 is 2.70 bits per heavy atom. The van der Waals surface area contributed by atoms with Gasteiger partial charge in [0.05, 0.1) is 11.0 Å². The van der Waals surface area contributed by atoms with Crippen molar-refractivity contribution in [2.24, 2.45) is 0 Å². The molecule has 0 spiro atoms. The summed E-state index contributed by atoms with van der Waals surface area (Å²) in [6.07, 6.45) is 1.24. The van der Waals surface area contributed by atoms with E-state index in [0.717, 1.165) is 11.1 Å². The quantitative estimate of drug-likeness (QED) is 0.679. The SMILES string of the molecule is Cc1cc([N+](=O)[O-])cnc1NC(C)c1ccccc1Cl. The molecule has 6 heteroatoms. The van der Waals surface area contributed by atoms with Crippen molar-refractivity contribution in [3.63, 3.8) is 0 Å². The Balaban J connectivity index is 2.22. The zero-order valence-electron chi connectivity index (χ0n) is 11.1. The van der Waals surface area contributed by atoms with Gasteiger partial charge >= 0.3 is 0 Å². The van der Waals surface area contributed by atoms with Gasteiger partial charge in [0.15, 0.2) is 0 Å². The van der Waals surface area contributed by atoms with E-state index in [1.807, 2.05) is 31.2 Å². The number of benzene rings is 1. The molecule has 0 amide bonds. The number of nitro groups is 1. The van der Waals surface area contributed by atoms with Crippen LogP contribution in [0.4, 0.5) is 11.5 Å². The van der Waals surface area contributed by atoms with E-state index in [0.29, 0.717) is 10.8 Å². The molecule has 0 saturated heterocycles. The van der Waals surface area contributed by atoms with Crippen molar-refractivity contribution in [3.05, 3.63) is 62.8 Å². The second kappa shape index (κ2) is 5.88. The van der Waals surface area contributed by atoms with E-state index >= 15 is 0 Å². The second-order valence-corrected chi connectivity index (χ2v) is 4.91. The maximum atomic E-state index is 10.7. The van der Waals surface area contributed by atoms with Crippen molar-refractivity contribution in [2.75, 3.05) is 5.32 Å². The first-order valence-electron chi connectivity index (χ1n) is 6.11. The number of aryl methyl sites for hydroxylation is 1. The van der Waals surface area contributed by atoms with Crippen LogP contribution in [-0.2, 0) is 0 Å². The zero-order valence-corrected chi connectivity index (χ0v) is 11.9. The molecule has 2 rings (SSSR count). The molecule has 20 heavy (non-hydrogen) atoms. The van der Waals surface area contributed by atoms with Crippen molar-refractivity contribution in [2.45, 2.75) is 19.9 Å². The predicted molar refractivity (Wildman–Crippen MR) is 79.1 cm³/mol. The normalized spacial score (nSPS) is 11.9. The molecule has 0 aliphatic rings. The Morgan fingerprint density at radius 1 is 1.40 bits per heavy atom. The summed E-state index contributed by atoms with van der Waals surface area (Å²) >= 11 is 6.14. The molecule has 0 aliphatic heterocycles. The summed E-state index contributed by atoms with van der Waals surface area (Å²) in [5, 5.41) is 14.6. The smallest absolute Gasteiger partial charge is 0.287 e. The lowest BCUT2D eigenvalue weighted by molar-refractivity contribution is -0.385. The molecule has 0 fully saturated rings. The van der Waals surface area contributed by atoms with Gasteiger partial charge in [-0.1, -0.05) is 29.8 Å². The third-order valence-electron chi connectivity index (χ3n) is 3.00. The molecular weight excluding hydrogens is 278 g/mol. The van der Waals surface area contributed by atoms with Crippen LogP contribution in [0.2, 0.25) is 5.02 Å². The fourth-order valence-corrected chi connectivity index (χ4v) is 2.22. The first-order valence-corrected chi connectivity index (χ1v) is 6.49. The van der Waals surface area contributed by atoms with Crippen LogP contribution in [0.15, 0.2) is 36.5 Å². The average molecular weight is 292 g/mol. The first kappa shape index (κ1) is 14.3. The molecule has 1 heterocycles. The van der Waals surface area contributed by atoms with E-state index in [1.54, 1.807) is 6.92 Å². The van der Waals surface area contributed by atoms with Crippen LogP contribution in [0.3, 0.4) is 0 Å². The van der Waals surface area contributed by atoms with Gasteiger partial charge in [0.25, 0.3) is 5.69 Å². The minimum absolute atomic E-state index is 0.0153. The highest BCUT2D eigenvalue weighted by molar-refractivity contribution is 6.31. The molecule has 5 nitrogen and oxygen atoms in total. The lowest BCUT2D eigenvalue weighted by Crippen LogP contribution is -2.09. The van der Waals surface area contributed by atoms with Crippen molar-refractivity contribution >= 4 is 23.1 Å². The summed E-state index contributed by atoms with van der Waals surface area (Å²) in [7, 11) is 0. The van der Waals surface area contributed by atoms with Crippen LogP contribution >= 0.6 is 11.6 Å². The number of hydrogen-bond acceptors (Lipinski definition) is 4. The van der Waals surface area contributed by atoms with Crippen LogP contribution in [-0.4, -0.2) is 9.91 Å². The van der Waals surface area contributed by atoms with Crippen molar-refractivity contribution < 1.29 is 4.92 Å².